The second kappa shape index (κ2) is 7.17. The molecule has 0 aromatic heterocycles. The highest BCUT2D eigenvalue weighted by molar-refractivity contribution is 5.02. The molecule has 0 atom stereocenters. The molecule has 0 heterocycles. The number of hydrogen-bond donors (Lipinski definition) is 0. The van der Waals surface area contributed by atoms with Gasteiger partial charge in [0.15, 0.2) is 0 Å². The van der Waals surface area contributed by atoms with E-state index in [-0.39, 0.29) is 5.41 Å². The van der Waals surface area contributed by atoms with Gasteiger partial charge in [-0.05, 0) is 37.5 Å². The highest BCUT2D eigenvalue weighted by Gasteiger charge is 2.37. The summed E-state index contributed by atoms with van der Waals surface area (Å²) in [5, 5.41) is 9.50. The van der Waals surface area contributed by atoms with Gasteiger partial charge in [-0.15, -0.1) is 0 Å². The topological polar surface area (TPSA) is 23.8 Å². The van der Waals surface area contributed by atoms with E-state index in [0.29, 0.717) is 5.41 Å². The molecule has 0 bridgehead atoms. The van der Waals surface area contributed by atoms with Crippen LogP contribution in [0.15, 0.2) is 0 Å². The van der Waals surface area contributed by atoms with Crippen molar-refractivity contribution in [3.8, 4) is 6.07 Å². The third kappa shape index (κ3) is 5.01. The number of unbranched alkanes of at least 4 members (excludes halogenated alkanes) is 5. The molecule has 1 fully saturated rings. The quantitative estimate of drug-likeness (QED) is 0.519. The zero-order chi connectivity index (χ0) is 13.5. The van der Waals surface area contributed by atoms with Gasteiger partial charge < -0.3 is 0 Å². The Labute approximate surface area is 114 Å². The number of nitriles is 1. The second-order valence-corrected chi connectivity index (χ2v) is 7.07. The molecule has 0 aromatic carbocycles. The van der Waals surface area contributed by atoms with Crippen LogP contribution in [-0.2, 0) is 0 Å². The molecule has 0 radical (unpaired) electrons. The number of hydrogen-bond acceptors (Lipinski definition) is 1. The van der Waals surface area contributed by atoms with E-state index in [2.05, 4.69) is 26.8 Å². The van der Waals surface area contributed by atoms with Crippen LogP contribution in [0.2, 0.25) is 0 Å². The van der Waals surface area contributed by atoms with Gasteiger partial charge in [0.2, 0.25) is 0 Å². The van der Waals surface area contributed by atoms with Crippen molar-refractivity contribution in [2.24, 2.45) is 10.8 Å². The maximum Gasteiger partial charge on any atom is 0.0689 e. The standard InChI is InChI=1S/C17H31N/c1-4-5-6-7-8-9-10-17(15-18)13-11-16(2,3)12-14-17/h4-14H2,1-3H3. The molecule has 1 nitrogen and oxygen atoms in total. The van der Waals surface area contributed by atoms with E-state index >= 15 is 0 Å². The molecular weight excluding hydrogens is 218 g/mol. The van der Waals surface area contributed by atoms with Gasteiger partial charge in [-0.25, -0.2) is 0 Å². The summed E-state index contributed by atoms with van der Waals surface area (Å²) in [4.78, 5) is 0. The molecule has 0 aliphatic heterocycles. The van der Waals surface area contributed by atoms with Crippen LogP contribution in [0.3, 0.4) is 0 Å². The van der Waals surface area contributed by atoms with Crippen molar-refractivity contribution < 1.29 is 0 Å². The monoisotopic (exact) mass is 249 g/mol. The van der Waals surface area contributed by atoms with Crippen LogP contribution in [0.25, 0.3) is 0 Å². The fraction of sp³-hybridized carbons (Fsp3) is 0.941. The molecule has 0 saturated heterocycles. The van der Waals surface area contributed by atoms with Crippen LogP contribution in [0, 0.1) is 22.2 Å². The van der Waals surface area contributed by atoms with E-state index in [4.69, 9.17) is 0 Å². The van der Waals surface area contributed by atoms with Gasteiger partial charge in [0.1, 0.15) is 0 Å². The Bertz CT molecular complexity index is 262. The van der Waals surface area contributed by atoms with Crippen molar-refractivity contribution in [2.75, 3.05) is 0 Å². The Morgan fingerprint density at radius 1 is 0.889 bits per heavy atom. The molecule has 0 amide bonds. The molecular formula is C17H31N. The molecule has 0 aromatic rings. The predicted molar refractivity (Wildman–Crippen MR) is 78.3 cm³/mol. The summed E-state index contributed by atoms with van der Waals surface area (Å²) in [6.45, 7) is 6.95. The Balaban J connectivity index is 2.24. The Morgan fingerprint density at radius 3 is 2.00 bits per heavy atom. The van der Waals surface area contributed by atoms with Gasteiger partial charge in [-0.2, -0.15) is 5.26 Å². The molecule has 18 heavy (non-hydrogen) atoms. The molecule has 1 rings (SSSR count). The predicted octanol–water partition coefficient (Wildman–Crippen LogP) is 5.85. The summed E-state index contributed by atoms with van der Waals surface area (Å²) in [6, 6.07) is 2.66. The van der Waals surface area contributed by atoms with Gasteiger partial charge in [0.05, 0.1) is 11.5 Å². The van der Waals surface area contributed by atoms with E-state index in [1.165, 1.54) is 51.4 Å². The van der Waals surface area contributed by atoms with E-state index in [9.17, 15) is 5.26 Å². The second-order valence-electron chi connectivity index (χ2n) is 7.07. The Hall–Kier alpha value is -0.510. The average Bonchev–Trinajstić information content (AvgIpc) is 2.36. The van der Waals surface area contributed by atoms with E-state index in [1.807, 2.05) is 0 Å². The smallest absolute Gasteiger partial charge is 0.0689 e. The normalized spacial score (nSPS) is 21.4. The molecule has 0 spiro atoms. The minimum atomic E-state index is 0.0281. The molecule has 1 saturated carbocycles. The summed E-state index contributed by atoms with van der Waals surface area (Å²) in [5.74, 6) is 0. The lowest BCUT2D eigenvalue weighted by atomic mass is 9.64. The van der Waals surface area contributed by atoms with Crippen molar-refractivity contribution in [1.82, 2.24) is 0 Å². The first-order chi connectivity index (χ1) is 8.54. The molecule has 1 heteroatoms. The zero-order valence-corrected chi connectivity index (χ0v) is 12.7. The van der Waals surface area contributed by atoms with Crippen LogP contribution >= 0.6 is 0 Å². The molecule has 1 aliphatic rings. The van der Waals surface area contributed by atoms with Crippen LogP contribution < -0.4 is 0 Å². The largest absolute Gasteiger partial charge is 0.198 e. The highest BCUT2D eigenvalue weighted by Crippen LogP contribution is 2.47. The van der Waals surface area contributed by atoms with Crippen molar-refractivity contribution in [3.63, 3.8) is 0 Å². The molecule has 1 aliphatic carbocycles. The Kier molecular flexibility index (Phi) is 6.19. The third-order valence-corrected chi connectivity index (χ3v) is 4.81. The van der Waals surface area contributed by atoms with Crippen molar-refractivity contribution >= 4 is 0 Å². The van der Waals surface area contributed by atoms with Crippen LogP contribution in [0.1, 0.15) is 91.4 Å². The summed E-state index contributed by atoms with van der Waals surface area (Å²) < 4.78 is 0. The lowest BCUT2D eigenvalue weighted by Gasteiger charge is -2.39. The maximum absolute atomic E-state index is 9.50. The number of nitrogens with zero attached hydrogens (tertiary/aromatic N) is 1. The summed E-state index contributed by atoms with van der Waals surface area (Å²) in [7, 11) is 0. The van der Waals surface area contributed by atoms with E-state index in [1.54, 1.807) is 0 Å². The first-order valence-electron chi connectivity index (χ1n) is 7.95. The third-order valence-electron chi connectivity index (χ3n) is 4.81. The first-order valence-corrected chi connectivity index (χ1v) is 7.95. The van der Waals surface area contributed by atoms with E-state index < -0.39 is 0 Å². The molecule has 0 unspecified atom stereocenters. The van der Waals surface area contributed by atoms with Gasteiger partial charge in [-0.3, -0.25) is 0 Å². The zero-order valence-electron chi connectivity index (χ0n) is 12.7. The molecule has 0 N–H and O–H groups in total. The minimum absolute atomic E-state index is 0.0281. The summed E-state index contributed by atoms with van der Waals surface area (Å²) in [6.07, 6.45) is 13.9. The van der Waals surface area contributed by atoms with Crippen molar-refractivity contribution in [1.29, 1.82) is 5.26 Å². The van der Waals surface area contributed by atoms with Gasteiger partial charge in [0, 0.05) is 0 Å². The fourth-order valence-corrected chi connectivity index (χ4v) is 3.07. The summed E-state index contributed by atoms with van der Waals surface area (Å²) >= 11 is 0. The SMILES string of the molecule is CCCCCCCCC1(C#N)CCC(C)(C)CC1. The Morgan fingerprint density at radius 2 is 1.44 bits per heavy atom. The van der Waals surface area contributed by atoms with Gasteiger partial charge in [-0.1, -0.05) is 59.3 Å². The van der Waals surface area contributed by atoms with Gasteiger partial charge in [0.25, 0.3) is 0 Å². The number of rotatable bonds is 7. The van der Waals surface area contributed by atoms with Crippen LogP contribution in [-0.4, -0.2) is 0 Å². The lowest BCUT2D eigenvalue weighted by molar-refractivity contribution is 0.135. The van der Waals surface area contributed by atoms with Crippen molar-refractivity contribution in [2.45, 2.75) is 91.4 Å². The summed E-state index contributed by atoms with van der Waals surface area (Å²) in [5.41, 5.74) is 0.502. The van der Waals surface area contributed by atoms with Gasteiger partial charge >= 0.3 is 0 Å². The minimum Gasteiger partial charge on any atom is -0.198 e. The first kappa shape index (κ1) is 15.5. The van der Waals surface area contributed by atoms with E-state index in [0.717, 1.165) is 19.3 Å². The van der Waals surface area contributed by atoms with Crippen LogP contribution in [0.5, 0.6) is 0 Å². The van der Waals surface area contributed by atoms with Crippen LogP contribution in [0.4, 0.5) is 0 Å². The maximum atomic E-state index is 9.50. The highest BCUT2D eigenvalue weighted by atomic mass is 14.4. The average molecular weight is 249 g/mol. The lowest BCUT2D eigenvalue weighted by Crippen LogP contribution is -2.30. The molecule has 104 valence electrons. The fourth-order valence-electron chi connectivity index (χ4n) is 3.07. The van der Waals surface area contributed by atoms with Crippen molar-refractivity contribution in [3.05, 3.63) is 0 Å².